The minimum atomic E-state index is -3.62. The van der Waals surface area contributed by atoms with Gasteiger partial charge in [-0.25, -0.2) is 13.8 Å². The number of rotatable bonds is 4. The second-order valence-corrected chi connectivity index (χ2v) is 5.15. The summed E-state index contributed by atoms with van der Waals surface area (Å²) in [4.78, 5) is 14.9. The van der Waals surface area contributed by atoms with Crippen molar-refractivity contribution in [1.82, 2.24) is 13.3 Å². The van der Waals surface area contributed by atoms with E-state index in [4.69, 9.17) is 4.74 Å². The van der Waals surface area contributed by atoms with E-state index in [9.17, 15) is 13.2 Å². The van der Waals surface area contributed by atoms with Crippen LogP contribution in [0.2, 0.25) is 0 Å². The minimum Gasteiger partial charge on any atom is -0.461 e. The third-order valence-corrected chi connectivity index (χ3v) is 3.43. The van der Waals surface area contributed by atoms with Crippen molar-refractivity contribution >= 4 is 16.2 Å². The van der Waals surface area contributed by atoms with Crippen molar-refractivity contribution in [3.8, 4) is 0 Å². The molecule has 16 heavy (non-hydrogen) atoms. The molecular weight excluding hydrogens is 234 g/mol. The maximum absolute atomic E-state index is 11.6. The highest BCUT2D eigenvalue weighted by Crippen LogP contribution is 2.04. The second-order valence-electron chi connectivity index (χ2n) is 3.10. The lowest BCUT2D eigenvalue weighted by Crippen LogP contribution is -2.27. The van der Waals surface area contributed by atoms with Gasteiger partial charge in [-0.1, -0.05) is 0 Å². The molecule has 90 valence electrons. The fraction of sp³-hybridized carbons (Fsp3) is 0.500. The van der Waals surface area contributed by atoms with Crippen molar-refractivity contribution in [2.24, 2.45) is 0 Å². The van der Waals surface area contributed by atoms with Crippen molar-refractivity contribution < 1.29 is 17.9 Å². The van der Waals surface area contributed by atoms with Crippen molar-refractivity contribution in [3.63, 3.8) is 0 Å². The molecule has 1 rings (SSSR count). The second kappa shape index (κ2) is 4.62. The van der Waals surface area contributed by atoms with E-state index in [-0.39, 0.29) is 12.3 Å². The highest BCUT2D eigenvalue weighted by molar-refractivity contribution is 7.87. The highest BCUT2D eigenvalue weighted by atomic mass is 32.2. The zero-order chi connectivity index (χ0) is 12.3. The Morgan fingerprint density at radius 1 is 1.56 bits per heavy atom. The Balaban J connectivity index is 3.00. The number of hydrogen-bond acceptors (Lipinski definition) is 5. The van der Waals surface area contributed by atoms with Crippen LogP contribution in [0.5, 0.6) is 0 Å². The Morgan fingerprint density at radius 3 is 2.69 bits per heavy atom. The first-order valence-electron chi connectivity index (χ1n) is 4.53. The first-order valence-corrected chi connectivity index (χ1v) is 5.93. The van der Waals surface area contributed by atoms with E-state index >= 15 is 0 Å². The molecule has 0 unspecified atom stereocenters. The summed E-state index contributed by atoms with van der Waals surface area (Å²) in [5, 5.41) is 0. The van der Waals surface area contributed by atoms with Crippen LogP contribution >= 0.6 is 0 Å². The molecule has 0 fully saturated rings. The van der Waals surface area contributed by atoms with Crippen LogP contribution in [0.1, 0.15) is 17.4 Å². The standard InChI is InChI=1S/C8H13N3O4S/c1-4-15-8(12)7-5-11(6-9-7)16(13,14)10(2)3/h5-6H,4H2,1-3H3. The Kier molecular flexibility index (Phi) is 3.66. The molecule has 0 atom stereocenters. The van der Waals surface area contributed by atoms with Crippen molar-refractivity contribution in [2.75, 3.05) is 20.7 Å². The van der Waals surface area contributed by atoms with E-state index in [0.29, 0.717) is 0 Å². The molecule has 0 bridgehead atoms. The average molecular weight is 247 g/mol. The molecule has 7 nitrogen and oxygen atoms in total. The summed E-state index contributed by atoms with van der Waals surface area (Å²) >= 11 is 0. The summed E-state index contributed by atoms with van der Waals surface area (Å²) in [6, 6.07) is 0. The van der Waals surface area contributed by atoms with Gasteiger partial charge in [0.25, 0.3) is 0 Å². The van der Waals surface area contributed by atoms with Crippen LogP contribution in [0, 0.1) is 0 Å². The lowest BCUT2D eigenvalue weighted by Gasteiger charge is -2.10. The Hall–Kier alpha value is -1.41. The van der Waals surface area contributed by atoms with Gasteiger partial charge in [0.1, 0.15) is 6.33 Å². The number of nitrogens with zero attached hydrogens (tertiary/aromatic N) is 3. The molecular formula is C8H13N3O4S. The molecule has 8 heteroatoms. The lowest BCUT2D eigenvalue weighted by molar-refractivity contribution is 0.0520. The summed E-state index contributed by atoms with van der Waals surface area (Å²) in [6.45, 7) is 1.87. The van der Waals surface area contributed by atoms with E-state index in [1.165, 1.54) is 14.1 Å². The molecule has 1 aromatic rings. The predicted octanol–water partition coefficient (Wildman–Crippen LogP) is -0.286. The molecule has 0 aliphatic carbocycles. The number of hydrogen-bond donors (Lipinski definition) is 0. The van der Waals surface area contributed by atoms with Gasteiger partial charge < -0.3 is 4.74 Å². The van der Waals surface area contributed by atoms with E-state index in [1.54, 1.807) is 6.92 Å². The van der Waals surface area contributed by atoms with E-state index < -0.39 is 16.2 Å². The van der Waals surface area contributed by atoms with Crippen LogP contribution in [0.4, 0.5) is 0 Å². The Bertz CT molecular complexity index is 477. The van der Waals surface area contributed by atoms with Crippen molar-refractivity contribution in [1.29, 1.82) is 0 Å². The molecule has 0 saturated carbocycles. The largest absolute Gasteiger partial charge is 0.461 e. The van der Waals surface area contributed by atoms with Crippen LogP contribution in [-0.2, 0) is 14.9 Å². The third kappa shape index (κ3) is 2.39. The van der Waals surface area contributed by atoms with Crippen LogP contribution in [0.25, 0.3) is 0 Å². The molecule has 0 amide bonds. The number of aromatic nitrogens is 2. The Labute approximate surface area is 93.8 Å². The van der Waals surface area contributed by atoms with Crippen LogP contribution < -0.4 is 0 Å². The van der Waals surface area contributed by atoms with E-state index in [1.807, 2.05) is 0 Å². The minimum absolute atomic E-state index is 0.0349. The van der Waals surface area contributed by atoms with Crippen LogP contribution in [0.3, 0.4) is 0 Å². The van der Waals surface area contributed by atoms with Crippen LogP contribution in [0.15, 0.2) is 12.5 Å². The SMILES string of the molecule is CCOC(=O)c1cn(S(=O)(=O)N(C)C)cn1. The van der Waals surface area contributed by atoms with Gasteiger partial charge in [0, 0.05) is 14.1 Å². The average Bonchev–Trinajstić information content (AvgIpc) is 2.67. The van der Waals surface area contributed by atoms with Gasteiger partial charge in [-0.2, -0.15) is 12.7 Å². The topological polar surface area (TPSA) is 81.5 Å². The summed E-state index contributed by atoms with van der Waals surface area (Å²) in [6.07, 6.45) is 2.18. The zero-order valence-electron chi connectivity index (χ0n) is 9.24. The number of ether oxygens (including phenoxy) is 1. The van der Waals surface area contributed by atoms with Gasteiger partial charge in [-0.3, -0.25) is 0 Å². The summed E-state index contributed by atoms with van der Waals surface area (Å²) in [7, 11) is -0.848. The van der Waals surface area contributed by atoms with E-state index in [2.05, 4.69) is 4.98 Å². The van der Waals surface area contributed by atoms with Gasteiger partial charge in [-0.15, -0.1) is 0 Å². The normalized spacial score (nSPS) is 11.8. The molecule has 0 saturated heterocycles. The van der Waals surface area contributed by atoms with Crippen molar-refractivity contribution in [3.05, 3.63) is 18.2 Å². The lowest BCUT2D eigenvalue weighted by atomic mass is 10.5. The van der Waals surface area contributed by atoms with Gasteiger partial charge >= 0.3 is 16.2 Å². The predicted molar refractivity (Wildman–Crippen MR) is 56.2 cm³/mol. The smallest absolute Gasteiger partial charge is 0.358 e. The molecule has 1 heterocycles. The van der Waals surface area contributed by atoms with Gasteiger partial charge in [-0.05, 0) is 6.92 Å². The van der Waals surface area contributed by atoms with Crippen molar-refractivity contribution in [2.45, 2.75) is 6.92 Å². The summed E-state index contributed by atoms with van der Waals surface area (Å²) < 4.78 is 29.8. The fourth-order valence-corrected chi connectivity index (χ4v) is 1.71. The maximum atomic E-state index is 11.6. The number of esters is 1. The quantitative estimate of drug-likeness (QED) is 0.683. The number of carbonyl (C=O) groups is 1. The summed E-state index contributed by atoms with van der Waals surface area (Å²) in [5.41, 5.74) is -0.0349. The molecule has 0 aliphatic heterocycles. The monoisotopic (exact) mass is 247 g/mol. The Morgan fingerprint density at radius 2 is 2.19 bits per heavy atom. The molecule has 0 radical (unpaired) electrons. The van der Waals surface area contributed by atoms with Crippen LogP contribution in [-0.4, -0.2) is 48.4 Å². The van der Waals surface area contributed by atoms with Gasteiger partial charge in [0.15, 0.2) is 5.69 Å². The number of imidazole rings is 1. The first-order chi connectivity index (χ1) is 7.39. The first kappa shape index (κ1) is 12.7. The third-order valence-electron chi connectivity index (χ3n) is 1.77. The van der Waals surface area contributed by atoms with E-state index in [0.717, 1.165) is 20.8 Å². The maximum Gasteiger partial charge on any atom is 0.358 e. The molecule has 0 N–H and O–H groups in total. The van der Waals surface area contributed by atoms with Gasteiger partial charge in [0.05, 0.1) is 12.8 Å². The molecule has 0 aliphatic rings. The summed E-state index contributed by atoms with van der Waals surface area (Å²) in [5.74, 6) is -0.643. The highest BCUT2D eigenvalue weighted by Gasteiger charge is 2.19. The molecule has 1 aromatic heterocycles. The number of carbonyl (C=O) groups excluding carboxylic acids is 1. The van der Waals surface area contributed by atoms with Gasteiger partial charge in [0.2, 0.25) is 0 Å². The molecule has 0 spiro atoms. The molecule has 0 aromatic carbocycles. The fourth-order valence-electron chi connectivity index (χ4n) is 0.931. The zero-order valence-corrected chi connectivity index (χ0v) is 10.1.